The van der Waals surface area contributed by atoms with Crippen molar-refractivity contribution < 1.29 is 45.2 Å². The third-order valence-electron chi connectivity index (χ3n) is 10.1. The molecule has 2 aromatic carbocycles. The Balaban J connectivity index is 1.32. The Morgan fingerprint density at radius 3 is 1.71 bits per heavy atom. The normalized spacial score (nSPS) is 35.5. The van der Waals surface area contributed by atoms with Crippen molar-refractivity contribution in [3.63, 3.8) is 0 Å². The van der Waals surface area contributed by atoms with Crippen LogP contribution >= 0.6 is 0 Å². The molecule has 240 valence electrons. The van der Waals surface area contributed by atoms with E-state index in [9.17, 15) is 35.7 Å². The van der Waals surface area contributed by atoms with E-state index in [2.05, 4.69) is 59.9 Å². The first-order valence-electron chi connectivity index (χ1n) is 15.5. The molecule has 6 rings (SSSR count). The van der Waals surface area contributed by atoms with Gasteiger partial charge in [-0.15, -0.1) is 0 Å². The number of aliphatic hydroxyl groups is 7. The molecule has 0 saturated carbocycles. The SMILES string of the molecule is C[C@@H]1[C@H](O)[C@@H](C#Cc2ccc3c(c2)C2(CCN(C)CC2)c2cc(C#C[C@H]4O[C@H](CO)[C@@H](O)[C@H](O)[C@@H]4O)ccc2-3)O[C@H](CO)[C@H]1O. The summed E-state index contributed by atoms with van der Waals surface area (Å²) in [5.74, 6) is 11.7. The lowest BCUT2D eigenvalue weighted by Crippen LogP contribution is -2.58. The van der Waals surface area contributed by atoms with Crippen molar-refractivity contribution in [3.8, 4) is 34.8 Å². The minimum atomic E-state index is -1.48. The Morgan fingerprint density at radius 2 is 1.20 bits per heavy atom. The van der Waals surface area contributed by atoms with E-state index < -0.39 is 67.5 Å². The maximum atomic E-state index is 10.7. The number of ether oxygens (including phenoxy) is 2. The second kappa shape index (κ2) is 12.7. The maximum Gasteiger partial charge on any atom is 0.147 e. The first-order chi connectivity index (χ1) is 21.6. The van der Waals surface area contributed by atoms with Gasteiger partial charge in [-0.1, -0.05) is 42.7 Å². The van der Waals surface area contributed by atoms with Crippen molar-refractivity contribution >= 4 is 0 Å². The summed E-state index contributed by atoms with van der Waals surface area (Å²) in [6, 6.07) is 12.2. The minimum absolute atomic E-state index is 0.267. The predicted octanol–water partition coefficient (Wildman–Crippen LogP) is -0.658. The Bertz CT molecular complexity index is 1420. The number of rotatable bonds is 2. The first kappa shape index (κ1) is 32.1. The molecule has 7 N–H and O–H groups in total. The molecule has 10 heteroatoms. The molecule has 0 amide bonds. The Hall–Kier alpha value is -2.84. The van der Waals surface area contributed by atoms with Gasteiger partial charge in [-0.05, 0) is 79.5 Å². The zero-order valence-electron chi connectivity index (χ0n) is 25.4. The van der Waals surface area contributed by atoms with Crippen LogP contribution in [0.3, 0.4) is 0 Å². The molecule has 2 aromatic rings. The second-order valence-electron chi connectivity index (χ2n) is 12.8. The van der Waals surface area contributed by atoms with Crippen molar-refractivity contribution in [3.05, 3.63) is 58.7 Å². The molecular weight excluding hydrogens is 578 g/mol. The average molecular weight is 620 g/mol. The molecule has 0 aromatic heterocycles. The van der Waals surface area contributed by atoms with Crippen LogP contribution in [-0.2, 0) is 14.9 Å². The van der Waals surface area contributed by atoms with Crippen LogP contribution in [0.25, 0.3) is 11.1 Å². The highest BCUT2D eigenvalue weighted by Gasteiger charge is 2.46. The maximum absolute atomic E-state index is 10.7. The lowest BCUT2D eigenvalue weighted by atomic mass is 9.70. The molecule has 45 heavy (non-hydrogen) atoms. The van der Waals surface area contributed by atoms with Crippen LogP contribution in [-0.4, -0.2) is 129 Å². The van der Waals surface area contributed by atoms with Crippen molar-refractivity contribution in [2.45, 2.75) is 80.1 Å². The van der Waals surface area contributed by atoms with E-state index in [1.807, 2.05) is 12.1 Å². The van der Waals surface area contributed by atoms with Gasteiger partial charge in [0, 0.05) is 22.5 Å². The molecule has 3 fully saturated rings. The van der Waals surface area contributed by atoms with Crippen LogP contribution in [0, 0.1) is 29.6 Å². The largest absolute Gasteiger partial charge is 0.394 e. The highest BCUT2D eigenvalue weighted by Crippen LogP contribution is 2.54. The zero-order valence-corrected chi connectivity index (χ0v) is 25.4. The summed E-state index contributed by atoms with van der Waals surface area (Å²) < 4.78 is 11.3. The molecule has 1 spiro atoms. The summed E-state index contributed by atoms with van der Waals surface area (Å²) in [6.07, 6.45) is -8.26. The molecule has 0 unspecified atom stereocenters. The molecule has 10 nitrogen and oxygen atoms in total. The fraction of sp³-hybridized carbons (Fsp3) is 0.543. The number of benzene rings is 2. The molecule has 3 heterocycles. The van der Waals surface area contributed by atoms with Gasteiger partial charge in [0.1, 0.15) is 42.7 Å². The van der Waals surface area contributed by atoms with Gasteiger partial charge in [0.2, 0.25) is 0 Å². The average Bonchev–Trinajstić information content (AvgIpc) is 3.31. The lowest BCUT2D eigenvalue weighted by molar-refractivity contribution is -0.214. The highest BCUT2D eigenvalue weighted by atomic mass is 16.5. The fourth-order valence-electron chi connectivity index (χ4n) is 7.16. The standard InChI is InChI=1S/C35H41NO9/c1-19-30(39)26(44-28(17-37)31(19)40)9-5-20-3-7-22-23-8-4-21(6-10-27-32(41)34(43)33(42)29(18-38)45-27)16-25(23)35(24(22)15-20)11-13-36(2)14-12-35/h3-4,7-8,15-16,19,26-34,37-43H,11-14,17-18H2,1-2H3/t19-,26-,27-,28-,29-,30+,31+,32-,33-,34-/m1/s1. The Labute approximate surface area is 262 Å². The number of nitrogens with zero attached hydrogens (tertiary/aromatic N) is 1. The van der Waals surface area contributed by atoms with Crippen LogP contribution in [0.1, 0.15) is 42.0 Å². The van der Waals surface area contributed by atoms with E-state index in [-0.39, 0.29) is 12.0 Å². The molecule has 3 saturated heterocycles. The van der Waals surface area contributed by atoms with Crippen molar-refractivity contribution in [2.75, 3.05) is 33.4 Å². The van der Waals surface area contributed by atoms with Gasteiger partial charge in [-0.2, -0.15) is 0 Å². The van der Waals surface area contributed by atoms with E-state index in [1.54, 1.807) is 6.92 Å². The van der Waals surface area contributed by atoms with Gasteiger partial charge in [0.25, 0.3) is 0 Å². The van der Waals surface area contributed by atoms with Crippen LogP contribution in [0.15, 0.2) is 36.4 Å². The van der Waals surface area contributed by atoms with E-state index >= 15 is 0 Å². The monoisotopic (exact) mass is 619 g/mol. The highest BCUT2D eigenvalue weighted by molar-refractivity contribution is 5.82. The first-order valence-corrected chi connectivity index (χ1v) is 15.5. The number of piperidine rings is 1. The smallest absolute Gasteiger partial charge is 0.147 e. The van der Waals surface area contributed by atoms with Gasteiger partial charge >= 0.3 is 0 Å². The number of hydrogen-bond acceptors (Lipinski definition) is 10. The van der Waals surface area contributed by atoms with Crippen LogP contribution in [0.5, 0.6) is 0 Å². The Morgan fingerprint density at radius 1 is 0.711 bits per heavy atom. The van der Waals surface area contributed by atoms with Crippen molar-refractivity contribution in [1.82, 2.24) is 4.90 Å². The number of aliphatic hydroxyl groups excluding tert-OH is 7. The van der Waals surface area contributed by atoms with E-state index in [0.717, 1.165) is 53.7 Å². The summed E-state index contributed by atoms with van der Waals surface area (Å²) in [7, 11) is 2.11. The van der Waals surface area contributed by atoms with Gasteiger partial charge in [0.15, 0.2) is 0 Å². The van der Waals surface area contributed by atoms with Crippen LogP contribution in [0.4, 0.5) is 0 Å². The summed E-state index contributed by atoms with van der Waals surface area (Å²) in [4.78, 5) is 2.31. The quantitative estimate of drug-likeness (QED) is 0.215. The van der Waals surface area contributed by atoms with Gasteiger partial charge in [-0.25, -0.2) is 0 Å². The van der Waals surface area contributed by atoms with Gasteiger partial charge in [0.05, 0.1) is 25.4 Å². The van der Waals surface area contributed by atoms with Crippen LogP contribution < -0.4 is 0 Å². The van der Waals surface area contributed by atoms with E-state index in [0.29, 0.717) is 0 Å². The van der Waals surface area contributed by atoms with Crippen LogP contribution in [0.2, 0.25) is 0 Å². The molecule has 0 radical (unpaired) electrons. The summed E-state index contributed by atoms with van der Waals surface area (Å²) in [6.45, 7) is 2.65. The van der Waals surface area contributed by atoms with E-state index in [4.69, 9.17) is 9.47 Å². The van der Waals surface area contributed by atoms with Crippen molar-refractivity contribution in [2.24, 2.45) is 5.92 Å². The molecule has 1 aliphatic carbocycles. The lowest BCUT2D eigenvalue weighted by Gasteiger charge is -2.40. The van der Waals surface area contributed by atoms with Crippen molar-refractivity contribution in [1.29, 1.82) is 0 Å². The summed E-state index contributed by atoms with van der Waals surface area (Å²) in [5.41, 5.74) is 5.81. The Kier molecular flexibility index (Phi) is 9.10. The van der Waals surface area contributed by atoms with Gasteiger partial charge < -0.3 is 50.1 Å². The predicted molar refractivity (Wildman–Crippen MR) is 164 cm³/mol. The third kappa shape index (κ3) is 5.71. The minimum Gasteiger partial charge on any atom is -0.394 e. The number of likely N-dealkylation sites (tertiary alicyclic amines) is 1. The molecular formula is C35H41NO9. The zero-order chi connectivity index (χ0) is 32.0. The summed E-state index contributed by atoms with van der Waals surface area (Å²) in [5, 5.41) is 70.8. The second-order valence-corrected chi connectivity index (χ2v) is 12.8. The van der Waals surface area contributed by atoms with E-state index in [1.165, 1.54) is 5.56 Å². The topological polar surface area (TPSA) is 163 Å². The fourth-order valence-corrected chi connectivity index (χ4v) is 7.16. The number of hydrogen-bond donors (Lipinski definition) is 7. The molecule has 4 aliphatic rings. The molecule has 3 aliphatic heterocycles. The molecule has 10 atom stereocenters. The van der Waals surface area contributed by atoms with Gasteiger partial charge in [-0.3, -0.25) is 0 Å². The third-order valence-corrected chi connectivity index (χ3v) is 10.1. The molecule has 0 bridgehead atoms. The number of fused-ring (bicyclic) bond motifs is 5. The summed E-state index contributed by atoms with van der Waals surface area (Å²) >= 11 is 0.